The van der Waals surface area contributed by atoms with Gasteiger partial charge in [-0.3, -0.25) is 4.79 Å². The van der Waals surface area contributed by atoms with Crippen molar-refractivity contribution in [3.63, 3.8) is 0 Å². The minimum Gasteiger partial charge on any atom is -0.485 e. The summed E-state index contributed by atoms with van der Waals surface area (Å²) in [6.45, 7) is 0. The second-order valence-corrected chi connectivity index (χ2v) is 5.80. The predicted molar refractivity (Wildman–Crippen MR) is 95.7 cm³/mol. The fourth-order valence-corrected chi connectivity index (χ4v) is 2.90. The summed E-state index contributed by atoms with van der Waals surface area (Å²) in [7, 11) is 0. The van der Waals surface area contributed by atoms with Gasteiger partial charge >= 0.3 is 0 Å². The molecule has 1 aliphatic rings. The van der Waals surface area contributed by atoms with Gasteiger partial charge in [0.1, 0.15) is 17.5 Å². The molecule has 2 aromatic carbocycles. The highest BCUT2D eigenvalue weighted by Crippen LogP contribution is 2.34. The molecular weight excluding hydrogens is 314 g/mol. The molecule has 5 nitrogen and oxygen atoms in total. The van der Waals surface area contributed by atoms with E-state index in [2.05, 4.69) is 15.5 Å². The molecule has 124 valence electrons. The minimum absolute atomic E-state index is 0.128. The molecule has 0 fully saturated rings. The van der Waals surface area contributed by atoms with Crippen molar-refractivity contribution in [2.45, 2.75) is 12.5 Å². The number of nitrogens with one attached hydrogen (secondary N) is 2. The van der Waals surface area contributed by atoms with Crippen LogP contribution in [0.3, 0.4) is 0 Å². The number of amides is 1. The van der Waals surface area contributed by atoms with E-state index in [0.29, 0.717) is 12.1 Å². The van der Waals surface area contributed by atoms with E-state index in [-0.39, 0.29) is 12.0 Å². The molecule has 0 unspecified atom stereocenters. The van der Waals surface area contributed by atoms with Gasteiger partial charge in [-0.05, 0) is 29.8 Å². The molecule has 5 heteroatoms. The van der Waals surface area contributed by atoms with E-state index < -0.39 is 0 Å². The van der Waals surface area contributed by atoms with Crippen molar-refractivity contribution in [2.24, 2.45) is 5.10 Å². The second kappa shape index (κ2) is 6.65. The van der Waals surface area contributed by atoms with Gasteiger partial charge in [-0.25, -0.2) is 5.43 Å². The number of nitrogens with zero attached hydrogens (tertiary/aromatic N) is 1. The Morgan fingerprint density at radius 2 is 1.84 bits per heavy atom. The zero-order chi connectivity index (χ0) is 17.1. The lowest BCUT2D eigenvalue weighted by Gasteiger charge is -2.27. The summed E-state index contributed by atoms with van der Waals surface area (Å²) >= 11 is 0. The number of aromatic amines is 1. The van der Waals surface area contributed by atoms with Gasteiger partial charge in [-0.2, -0.15) is 5.10 Å². The van der Waals surface area contributed by atoms with Crippen LogP contribution in [-0.2, 0) is 0 Å². The Balaban J connectivity index is 1.63. The number of hydrazone groups is 1. The summed E-state index contributed by atoms with van der Waals surface area (Å²) in [6.07, 6.45) is 2.17. The lowest BCUT2D eigenvalue weighted by Crippen LogP contribution is -2.25. The number of H-pyrrole nitrogens is 1. The minimum atomic E-state index is -0.266. The zero-order valence-electron chi connectivity index (χ0n) is 13.5. The molecule has 0 aliphatic carbocycles. The summed E-state index contributed by atoms with van der Waals surface area (Å²) in [5.74, 6) is 0.508. The predicted octanol–water partition coefficient (Wildman–Crippen LogP) is 3.67. The number of benzene rings is 2. The van der Waals surface area contributed by atoms with Crippen LogP contribution in [0.15, 0.2) is 78.0 Å². The summed E-state index contributed by atoms with van der Waals surface area (Å²) in [4.78, 5) is 15.0. The highest BCUT2D eigenvalue weighted by molar-refractivity contribution is 6.05. The van der Waals surface area contributed by atoms with Crippen LogP contribution in [0, 0.1) is 0 Å². The molecule has 1 aliphatic heterocycles. The Labute approximate surface area is 145 Å². The van der Waals surface area contributed by atoms with E-state index >= 15 is 0 Å². The van der Waals surface area contributed by atoms with Crippen molar-refractivity contribution < 1.29 is 9.53 Å². The van der Waals surface area contributed by atoms with Crippen molar-refractivity contribution in [3.05, 3.63) is 89.7 Å². The summed E-state index contributed by atoms with van der Waals surface area (Å²) in [5, 5.41) is 4.37. The number of carbonyl (C=O) groups is 1. The molecule has 0 bridgehead atoms. The van der Waals surface area contributed by atoms with E-state index in [4.69, 9.17) is 4.74 Å². The van der Waals surface area contributed by atoms with Crippen molar-refractivity contribution in [1.82, 2.24) is 10.4 Å². The summed E-state index contributed by atoms with van der Waals surface area (Å²) in [6, 6.07) is 21.3. The number of rotatable bonds is 3. The van der Waals surface area contributed by atoms with Crippen LogP contribution in [0.2, 0.25) is 0 Å². The molecule has 0 radical (unpaired) electrons. The number of fused-ring (bicyclic) bond motifs is 1. The maximum atomic E-state index is 12.1. The first kappa shape index (κ1) is 15.2. The quantitative estimate of drug-likeness (QED) is 0.719. The van der Waals surface area contributed by atoms with Gasteiger partial charge in [0.25, 0.3) is 5.91 Å². The fourth-order valence-electron chi connectivity index (χ4n) is 2.90. The average Bonchev–Trinajstić information content (AvgIpc) is 3.21. The van der Waals surface area contributed by atoms with Crippen LogP contribution in [0.1, 0.15) is 34.1 Å². The largest absolute Gasteiger partial charge is 0.485 e. The van der Waals surface area contributed by atoms with E-state index in [1.54, 1.807) is 18.3 Å². The Kier molecular flexibility index (Phi) is 4.04. The molecule has 0 spiro atoms. The third-order valence-corrected chi connectivity index (χ3v) is 4.15. The molecule has 1 aromatic heterocycles. The Morgan fingerprint density at radius 3 is 2.64 bits per heavy atom. The van der Waals surface area contributed by atoms with Gasteiger partial charge < -0.3 is 9.72 Å². The third-order valence-electron chi connectivity index (χ3n) is 4.15. The van der Waals surface area contributed by atoms with Crippen LogP contribution < -0.4 is 10.2 Å². The maximum Gasteiger partial charge on any atom is 0.287 e. The Hall–Kier alpha value is -3.34. The van der Waals surface area contributed by atoms with Gasteiger partial charge in [0.05, 0.1) is 5.71 Å². The smallest absolute Gasteiger partial charge is 0.287 e. The lowest BCUT2D eigenvalue weighted by atomic mass is 9.96. The van der Waals surface area contributed by atoms with Gasteiger partial charge in [-0.15, -0.1) is 0 Å². The van der Waals surface area contributed by atoms with Crippen molar-refractivity contribution >= 4 is 11.6 Å². The van der Waals surface area contributed by atoms with Crippen molar-refractivity contribution in [1.29, 1.82) is 0 Å². The van der Waals surface area contributed by atoms with E-state index in [1.807, 2.05) is 54.6 Å². The van der Waals surface area contributed by atoms with Crippen LogP contribution in [0.4, 0.5) is 0 Å². The summed E-state index contributed by atoms with van der Waals surface area (Å²) < 4.78 is 6.13. The highest BCUT2D eigenvalue weighted by atomic mass is 16.5. The molecule has 2 heterocycles. The number of para-hydroxylation sites is 1. The number of hydrogen-bond donors (Lipinski definition) is 2. The van der Waals surface area contributed by atoms with Crippen molar-refractivity contribution in [2.75, 3.05) is 0 Å². The van der Waals surface area contributed by atoms with Gasteiger partial charge in [0, 0.05) is 18.2 Å². The van der Waals surface area contributed by atoms with Crippen molar-refractivity contribution in [3.8, 4) is 5.75 Å². The number of carbonyl (C=O) groups excluding carboxylic acids is 1. The van der Waals surface area contributed by atoms with Crippen LogP contribution >= 0.6 is 0 Å². The fraction of sp³-hybridized carbons (Fsp3) is 0.100. The molecule has 2 N–H and O–H groups in total. The first-order valence-corrected chi connectivity index (χ1v) is 8.12. The molecule has 0 saturated heterocycles. The second-order valence-electron chi connectivity index (χ2n) is 5.80. The van der Waals surface area contributed by atoms with E-state index in [0.717, 1.165) is 22.6 Å². The number of ether oxygens (including phenoxy) is 1. The normalized spacial score (nSPS) is 17.6. The van der Waals surface area contributed by atoms with Crippen LogP contribution in [-0.4, -0.2) is 16.6 Å². The average molecular weight is 331 g/mol. The van der Waals surface area contributed by atoms with E-state index in [1.165, 1.54) is 0 Å². The first-order valence-electron chi connectivity index (χ1n) is 8.12. The topological polar surface area (TPSA) is 66.5 Å². The van der Waals surface area contributed by atoms with Gasteiger partial charge in [-0.1, -0.05) is 42.5 Å². The molecule has 0 saturated carbocycles. The molecule has 1 amide bonds. The molecule has 1 atom stereocenters. The number of aromatic nitrogens is 1. The maximum absolute atomic E-state index is 12.1. The van der Waals surface area contributed by atoms with Crippen LogP contribution in [0.25, 0.3) is 0 Å². The molecule has 4 rings (SSSR count). The lowest BCUT2D eigenvalue weighted by molar-refractivity contribution is 0.0950. The van der Waals surface area contributed by atoms with Gasteiger partial charge in [0.2, 0.25) is 0 Å². The van der Waals surface area contributed by atoms with E-state index in [9.17, 15) is 4.79 Å². The Morgan fingerprint density at radius 1 is 1.04 bits per heavy atom. The highest BCUT2D eigenvalue weighted by Gasteiger charge is 2.26. The van der Waals surface area contributed by atoms with Gasteiger partial charge in [0.15, 0.2) is 0 Å². The SMILES string of the molecule is O=C(NN=C1C[C@@H](c2ccccc2)Oc2ccccc21)c1ccc[nH]1. The first-order chi connectivity index (χ1) is 12.3. The molecule has 3 aromatic rings. The molecule has 25 heavy (non-hydrogen) atoms. The third kappa shape index (κ3) is 3.17. The van der Waals surface area contributed by atoms with Crippen LogP contribution in [0.5, 0.6) is 5.75 Å². The number of hydrogen-bond acceptors (Lipinski definition) is 3. The molecular formula is C20H17N3O2. The monoisotopic (exact) mass is 331 g/mol. The Bertz CT molecular complexity index is 902. The summed E-state index contributed by atoms with van der Waals surface area (Å²) in [5.41, 5.74) is 5.90. The zero-order valence-corrected chi connectivity index (χ0v) is 13.5. The standard InChI is InChI=1S/C20H17N3O2/c24-20(16-10-6-12-21-16)23-22-17-13-19(14-7-2-1-3-8-14)25-18-11-5-4-9-15(17)18/h1-12,19,21H,13H2,(H,23,24)/t19-/m0/s1.